The van der Waals surface area contributed by atoms with Gasteiger partial charge < -0.3 is 15.8 Å². The molecule has 4 nitrogen and oxygen atoms in total. The first kappa shape index (κ1) is 11.1. The van der Waals surface area contributed by atoms with Gasteiger partial charge in [-0.15, -0.1) is 0 Å². The Kier molecular flexibility index (Phi) is 2.06. The molecule has 1 heterocycles. The summed E-state index contributed by atoms with van der Waals surface area (Å²) in [6.45, 7) is 0.814. The Balaban J connectivity index is 1.25. The molecule has 104 valence electrons. The average Bonchev–Trinajstić information content (AvgIpc) is 2.81. The molecular formula is C15H22N2O2. The van der Waals surface area contributed by atoms with Crippen molar-refractivity contribution in [3.8, 4) is 0 Å². The molecule has 4 saturated carbocycles. The minimum Gasteiger partial charge on any atom is -0.376 e. The van der Waals surface area contributed by atoms with Crippen LogP contribution in [-0.4, -0.2) is 30.7 Å². The molecule has 5 aliphatic rings. The molecule has 1 amide bonds. The smallest absolute Gasteiger partial charge is 0.224 e. The Hall–Kier alpha value is -0.610. The number of rotatable bonds is 2. The molecule has 5 rings (SSSR count). The fourth-order valence-corrected chi connectivity index (χ4v) is 5.86. The molecule has 3 N–H and O–H groups in total. The topological polar surface area (TPSA) is 64.3 Å². The van der Waals surface area contributed by atoms with E-state index in [4.69, 9.17) is 10.5 Å². The van der Waals surface area contributed by atoms with Gasteiger partial charge in [0.25, 0.3) is 0 Å². The van der Waals surface area contributed by atoms with Gasteiger partial charge in [-0.3, -0.25) is 4.79 Å². The molecule has 4 heteroatoms. The van der Waals surface area contributed by atoms with Gasteiger partial charge in [0, 0.05) is 24.5 Å². The fourth-order valence-electron chi connectivity index (χ4n) is 5.86. The summed E-state index contributed by atoms with van der Waals surface area (Å²) in [7, 11) is 0. The summed E-state index contributed by atoms with van der Waals surface area (Å²) in [6, 6.07) is 0.200. The highest BCUT2D eigenvalue weighted by molar-refractivity contribution is 5.83. The monoisotopic (exact) mass is 262 g/mol. The largest absolute Gasteiger partial charge is 0.376 e. The van der Waals surface area contributed by atoms with Gasteiger partial charge in [0.05, 0.1) is 12.1 Å². The zero-order valence-electron chi connectivity index (χ0n) is 11.1. The second-order valence-corrected chi connectivity index (χ2v) is 7.41. The second kappa shape index (κ2) is 3.53. The van der Waals surface area contributed by atoms with E-state index in [0.29, 0.717) is 11.8 Å². The number of fused-ring (bicyclic) bond motifs is 6. The Morgan fingerprint density at radius 1 is 1.16 bits per heavy atom. The number of ether oxygens (including phenoxy) is 1. The van der Waals surface area contributed by atoms with Crippen LogP contribution < -0.4 is 11.1 Å². The molecular weight excluding hydrogens is 240 g/mol. The first-order chi connectivity index (χ1) is 9.25. The van der Waals surface area contributed by atoms with Crippen LogP contribution in [0.15, 0.2) is 0 Å². The number of hydrogen-bond acceptors (Lipinski definition) is 3. The van der Waals surface area contributed by atoms with Crippen molar-refractivity contribution in [3.05, 3.63) is 0 Å². The van der Waals surface area contributed by atoms with Crippen LogP contribution in [-0.2, 0) is 9.53 Å². The third-order valence-corrected chi connectivity index (χ3v) is 6.79. The van der Waals surface area contributed by atoms with Crippen LogP contribution in [0.2, 0.25) is 0 Å². The van der Waals surface area contributed by atoms with Crippen molar-refractivity contribution in [2.75, 3.05) is 6.61 Å². The maximum Gasteiger partial charge on any atom is 0.224 e. The maximum absolute atomic E-state index is 12.5. The Bertz CT molecular complexity index is 424. The molecule has 0 radical (unpaired) electrons. The van der Waals surface area contributed by atoms with Crippen molar-refractivity contribution in [2.24, 2.45) is 41.2 Å². The number of nitrogens with one attached hydrogen (secondary N) is 1. The van der Waals surface area contributed by atoms with Crippen LogP contribution in [0.1, 0.15) is 25.7 Å². The Morgan fingerprint density at radius 3 is 2.63 bits per heavy atom. The van der Waals surface area contributed by atoms with Gasteiger partial charge in [-0.05, 0) is 49.4 Å². The molecule has 1 aliphatic heterocycles. The van der Waals surface area contributed by atoms with Gasteiger partial charge in [-0.1, -0.05) is 0 Å². The molecule has 0 aromatic carbocycles. The van der Waals surface area contributed by atoms with Crippen LogP contribution in [0.4, 0.5) is 0 Å². The molecule has 1 saturated heterocycles. The van der Waals surface area contributed by atoms with Crippen LogP contribution in [0.5, 0.6) is 0 Å². The highest BCUT2D eigenvalue weighted by Gasteiger charge is 2.68. The van der Waals surface area contributed by atoms with Crippen molar-refractivity contribution in [1.29, 1.82) is 0 Å². The standard InChI is InChI=1S/C15H22N2O2/c16-12-8-3-4-19-14(8)13(12)17-15(18)11-9-6-1-2-7(5-6)10(9)11/h6-14H,1-5,16H2,(H,17,18). The summed E-state index contributed by atoms with van der Waals surface area (Å²) in [4.78, 5) is 12.5. The van der Waals surface area contributed by atoms with E-state index in [0.717, 1.165) is 36.7 Å². The lowest BCUT2D eigenvalue weighted by atomic mass is 9.72. The lowest BCUT2D eigenvalue weighted by molar-refractivity contribution is -0.127. The van der Waals surface area contributed by atoms with E-state index in [1.807, 2.05) is 0 Å². The van der Waals surface area contributed by atoms with Gasteiger partial charge in [0.2, 0.25) is 5.91 Å². The molecule has 19 heavy (non-hydrogen) atoms. The summed E-state index contributed by atoms with van der Waals surface area (Å²) >= 11 is 0. The molecule has 2 bridgehead atoms. The maximum atomic E-state index is 12.5. The third-order valence-electron chi connectivity index (χ3n) is 6.79. The molecule has 8 atom stereocenters. The highest BCUT2D eigenvalue weighted by atomic mass is 16.5. The van der Waals surface area contributed by atoms with Gasteiger partial charge in [-0.2, -0.15) is 0 Å². The lowest BCUT2D eigenvalue weighted by Gasteiger charge is -2.45. The van der Waals surface area contributed by atoms with Crippen molar-refractivity contribution in [1.82, 2.24) is 5.32 Å². The number of nitrogens with two attached hydrogens (primary N) is 1. The van der Waals surface area contributed by atoms with Crippen LogP contribution >= 0.6 is 0 Å². The molecule has 4 aliphatic carbocycles. The molecule has 0 spiro atoms. The lowest BCUT2D eigenvalue weighted by Crippen LogP contribution is -2.69. The van der Waals surface area contributed by atoms with Crippen molar-refractivity contribution in [3.63, 3.8) is 0 Å². The summed E-state index contributed by atoms with van der Waals surface area (Å²) in [6.07, 6.45) is 5.40. The predicted molar refractivity (Wildman–Crippen MR) is 69.1 cm³/mol. The van der Waals surface area contributed by atoms with E-state index < -0.39 is 0 Å². The number of amides is 1. The second-order valence-electron chi connectivity index (χ2n) is 7.41. The van der Waals surface area contributed by atoms with Crippen LogP contribution in [0, 0.1) is 35.5 Å². The molecule has 0 aromatic rings. The highest BCUT2D eigenvalue weighted by Crippen LogP contribution is 2.69. The number of carbonyl (C=O) groups excluding carboxylic acids is 1. The van der Waals surface area contributed by atoms with Gasteiger partial charge >= 0.3 is 0 Å². The zero-order valence-corrected chi connectivity index (χ0v) is 11.1. The molecule has 5 fully saturated rings. The van der Waals surface area contributed by atoms with Gasteiger partial charge in [0.15, 0.2) is 0 Å². The van der Waals surface area contributed by atoms with E-state index in [2.05, 4.69) is 5.32 Å². The first-order valence-corrected chi connectivity index (χ1v) is 7.93. The number of hydrogen-bond donors (Lipinski definition) is 2. The summed E-state index contributed by atoms with van der Waals surface area (Å²) < 4.78 is 5.69. The van der Waals surface area contributed by atoms with E-state index in [9.17, 15) is 4.79 Å². The van der Waals surface area contributed by atoms with E-state index in [-0.39, 0.29) is 24.1 Å². The minimum absolute atomic E-state index is 0.0824. The van der Waals surface area contributed by atoms with Crippen molar-refractivity contribution in [2.45, 2.75) is 43.9 Å². The Labute approximate surface area is 113 Å². The van der Waals surface area contributed by atoms with Gasteiger partial charge in [0.1, 0.15) is 0 Å². The fraction of sp³-hybridized carbons (Fsp3) is 0.933. The quantitative estimate of drug-likeness (QED) is 0.762. The van der Waals surface area contributed by atoms with E-state index in [1.54, 1.807) is 0 Å². The number of carbonyl (C=O) groups is 1. The van der Waals surface area contributed by atoms with Gasteiger partial charge in [-0.25, -0.2) is 0 Å². The average molecular weight is 262 g/mol. The van der Waals surface area contributed by atoms with E-state index in [1.165, 1.54) is 19.3 Å². The third kappa shape index (κ3) is 1.30. The predicted octanol–water partition coefficient (Wildman–Crippen LogP) is 0.509. The zero-order chi connectivity index (χ0) is 12.7. The molecule has 0 aromatic heterocycles. The SMILES string of the molecule is NC1C2CCOC2C1NC(=O)C1C2C3CCC(C3)C12. The molecule has 8 unspecified atom stereocenters. The van der Waals surface area contributed by atoms with Crippen LogP contribution in [0.25, 0.3) is 0 Å². The first-order valence-electron chi connectivity index (χ1n) is 7.93. The van der Waals surface area contributed by atoms with E-state index >= 15 is 0 Å². The summed E-state index contributed by atoms with van der Waals surface area (Å²) in [5.74, 6) is 4.23. The minimum atomic E-state index is 0.0824. The summed E-state index contributed by atoms with van der Waals surface area (Å²) in [5.41, 5.74) is 6.16. The Morgan fingerprint density at radius 2 is 1.89 bits per heavy atom. The normalized spacial score (nSPS) is 60.4. The van der Waals surface area contributed by atoms with Crippen molar-refractivity contribution < 1.29 is 9.53 Å². The summed E-state index contributed by atoms with van der Waals surface area (Å²) in [5, 5.41) is 3.21. The van der Waals surface area contributed by atoms with Crippen molar-refractivity contribution >= 4 is 5.91 Å². The van der Waals surface area contributed by atoms with Crippen LogP contribution in [0.3, 0.4) is 0 Å².